The van der Waals surface area contributed by atoms with Crippen LogP contribution >= 0.6 is 0 Å². The van der Waals surface area contributed by atoms with Crippen molar-refractivity contribution < 1.29 is 22.7 Å². The van der Waals surface area contributed by atoms with E-state index < -0.39 is 22.6 Å². The highest BCUT2D eigenvalue weighted by Crippen LogP contribution is 2.35. The number of nitrogens with one attached hydrogen (secondary N) is 1. The van der Waals surface area contributed by atoms with Crippen molar-refractivity contribution >= 4 is 33.4 Å². The molecule has 8 nitrogen and oxygen atoms in total. The van der Waals surface area contributed by atoms with Crippen molar-refractivity contribution in [1.29, 1.82) is 0 Å². The lowest BCUT2D eigenvalue weighted by molar-refractivity contribution is -0.124. The van der Waals surface area contributed by atoms with Crippen LogP contribution in [0.2, 0.25) is 0 Å². The zero-order valence-corrected chi connectivity index (χ0v) is 17.6. The minimum atomic E-state index is -3.88. The molecule has 0 unspecified atom stereocenters. The van der Waals surface area contributed by atoms with Crippen molar-refractivity contribution in [3.05, 3.63) is 23.8 Å². The highest BCUT2D eigenvalue weighted by Gasteiger charge is 2.32. The summed E-state index contributed by atoms with van der Waals surface area (Å²) >= 11 is 0. The number of amides is 1. The Morgan fingerprint density at radius 2 is 2.07 bits per heavy atom. The molecule has 0 aromatic heterocycles. The number of nitrogens with zero attached hydrogens (tertiary/aromatic N) is 2. The third kappa shape index (κ3) is 4.95. The van der Waals surface area contributed by atoms with Gasteiger partial charge in [-0.05, 0) is 44.4 Å². The van der Waals surface area contributed by atoms with E-state index in [1.807, 2.05) is 18.7 Å². The third-order valence-corrected chi connectivity index (χ3v) is 6.38. The summed E-state index contributed by atoms with van der Waals surface area (Å²) in [7, 11) is -3.88. The van der Waals surface area contributed by atoms with Crippen LogP contribution in [0.4, 0.5) is 5.69 Å². The van der Waals surface area contributed by atoms with Crippen LogP contribution in [0.15, 0.2) is 27.5 Å². The summed E-state index contributed by atoms with van der Waals surface area (Å²) in [4.78, 5) is 26.1. The van der Waals surface area contributed by atoms with E-state index in [9.17, 15) is 18.0 Å². The molecule has 2 aliphatic heterocycles. The van der Waals surface area contributed by atoms with Gasteiger partial charge in [-0.2, -0.15) is 8.42 Å². The first-order valence-corrected chi connectivity index (χ1v) is 11.5. The third-order valence-electron chi connectivity index (χ3n) is 5.05. The van der Waals surface area contributed by atoms with Gasteiger partial charge in [-0.15, -0.1) is 4.40 Å². The molecular weight excluding hydrogens is 394 g/mol. The molecule has 2 aliphatic rings. The molecule has 1 atom stereocenters. The van der Waals surface area contributed by atoms with Gasteiger partial charge >= 0.3 is 5.97 Å². The Labute approximate surface area is 171 Å². The fraction of sp³-hybridized carbons (Fsp3) is 0.550. The van der Waals surface area contributed by atoms with Gasteiger partial charge in [0.1, 0.15) is 10.7 Å². The number of benzene rings is 1. The Morgan fingerprint density at radius 3 is 2.83 bits per heavy atom. The predicted octanol–water partition coefficient (Wildman–Crippen LogP) is 2.63. The lowest BCUT2D eigenvalue weighted by Crippen LogP contribution is -2.36. The Kier molecular flexibility index (Phi) is 6.56. The molecule has 3 rings (SSSR count). The number of hydrogen-bond donors (Lipinski definition) is 1. The Morgan fingerprint density at radius 1 is 1.28 bits per heavy atom. The van der Waals surface area contributed by atoms with Crippen molar-refractivity contribution in [2.75, 3.05) is 18.1 Å². The maximum absolute atomic E-state index is 12.6. The molecule has 2 heterocycles. The SMILES string of the molecule is CCC[C@@H](C)NC(=O)COC(=O)c1ccc2c(c1)S(=O)(=O)N=C1CCCCCN12. The molecule has 0 aliphatic carbocycles. The zero-order valence-electron chi connectivity index (χ0n) is 16.8. The van der Waals surface area contributed by atoms with Gasteiger partial charge in [-0.1, -0.05) is 19.8 Å². The normalized spacial score (nSPS) is 18.6. The molecule has 0 saturated carbocycles. The van der Waals surface area contributed by atoms with Crippen LogP contribution in [0, 0.1) is 0 Å². The molecule has 158 valence electrons. The number of amidine groups is 1. The summed E-state index contributed by atoms with van der Waals surface area (Å²) in [6.07, 6.45) is 5.27. The summed E-state index contributed by atoms with van der Waals surface area (Å²) in [5, 5.41) is 2.75. The lowest BCUT2D eigenvalue weighted by Gasteiger charge is -2.29. The minimum Gasteiger partial charge on any atom is -0.452 e. The van der Waals surface area contributed by atoms with Crippen LogP contribution in [-0.4, -0.2) is 45.3 Å². The van der Waals surface area contributed by atoms with E-state index in [1.165, 1.54) is 12.1 Å². The summed E-state index contributed by atoms with van der Waals surface area (Å²) < 4.78 is 34.3. The first-order chi connectivity index (χ1) is 13.8. The number of sulfonamides is 1. The number of ether oxygens (including phenoxy) is 1. The van der Waals surface area contributed by atoms with Crippen molar-refractivity contribution in [1.82, 2.24) is 5.32 Å². The van der Waals surface area contributed by atoms with Crippen LogP contribution in [0.3, 0.4) is 0 Å². The van der Waals surface area contributed by atoms with Crippen LogP contribution in [-0.2, 0) is 19.6 Å². The van der Waals surface area contributed by atoms with Gasteiger partial charge in [0.2, 0.25) is 0 Å². The summed E-state index contributed by atoms with van der Waals surface area (Å²) in [6, 6.07) is 4.44. The maximum atomic E-state index is 12.6. The van der Waals surface area contributed by atoms with E-state index in [4.69, 9.17) is 4.74 Å². The first-order valence-electron chi connectivity index (χ1n) is 10.0. The highest BCUT2D eigenvalue weighted by atomic mass is 32.2. The van der Waals surface area contributed by atoms with Gasteiger partial charge < -0.3 is 15.0 Å². The minimum absolute atomic E-state index is 0.000714. The molecule has 1 aromatic carbocycles. The van der Waals surface area contributed by atoms with Crippen LogP contribution < -0.4 is 10.2 Å². The van der Waals surface area contributed by atoms with Gasteiger partial charge in [0, 0.05) is 19.0 Å². The predicted molar refractivity (Wildman–Crippen MR) is 110 cm³/mol. The quantitative estimate of drug-likeness (QED) is 0.708. The number of esters is 1. The number of fused-ring (bicyclic) bond motifs is 3. The Bertz CT molecular complexity index is 926. The first kappa shape index (κ1) is 21.3. The topological polar surface area (TPSA) is 105 Å². The van der Waals surface area contributed by atoms with Gasteiger partial charge in [-0.25, -0.2) is 4.79 Å². The van der Waals surface area contributed by atoms with Crippen LogP contribution in [0.1, 0.15) is 62.7 Å². The maximum Gasteiger partial charge on any atom is 0.338 e. The van der Waals surface area contributed by atoms with Crippen molar-refractivity contribution in [2.24, 2.45) is 4.40 Å². The van der Waals surface area contributed by atoms with E-state index in [0.717, 1.165) is 32.1 Å². The van der Waals surface area contributed by atoms with Gasteiger partial charge in [0.15, 0.2) is 6.61 Å². The van der Waals surface area contributed by atoms with E-state index in [2.05, 4.69) is 9.71 Å². The largest absolute Gasteiger partial charge is 0.452 e. The summed E-state index contributed by atoms with van der Waals surface area (Å²) in [6.45, 7) is 4.19. The molecule has 0 bridgehead atoms. The summed E-state index contributed by atoms with van der Waals surface area (Å²) in [5.41, 5.74) is 0.620. The highest BCUT2D eigenvalue weighted by molar-refractivity contribution is 7.90. The van der Waals surface area contributed by atoms with E-state index in [-0.39, 0.29) is 22.4 Å². The molecule has 1 saturated heterocycles. The van der Waals surface area contributed by atoms with E-state index in [0.29, 0.717) is 24.5 Å². The second-order valence-electron chi connectivity index (χ2n) is 7.46. The second kappa shape index (κ2) is 8.94. The monoisotopic (exact) mass is 421 g/mol. The Balaban J connectivity index is 1.74. The molecule has 0 radical (unpaired) electrons. The fourth-order valence-corrected chi connectivity index (χ4v) is 4.93. The van der Waals surface area contributed by atoms with Crippen LogP contribution in [0.25, 0.3) is 0 Å². The molecule has 1 N–H and O–H groups in total. The second-order valence-corrected chi connectivity index (χ2v) is 9.03. The van der Waals surface area contributed by atoms with E-state index >= 15 is 0 Å². The van der Waals surface area contributed by atoms with Crippen molar-refractivity contribution in [3.63, 3.8) is 0 Å². The molecule has 29 heavy (non-hydrogen) atoms. The molecule has 1 amide bonds. The number of anilines is 1. The summed E-state index contributed by atoms with van der Waals surface area (Å²) in [5.74, 6) is -0.571. The molecule has 1 fully saturated rings. The van der Waals surface area contributed by atoms with Gasteiger partial charge in [-0.3, -0.25) is 4.79 Å². The number of carbonyl (C=O) groups is 2. The van der Waals surface area contributed by atoms with E-state index in [1.54, 1.807) is 6.07 Å². The number of rotatable bonds is 6. The molecule has 0 spiro atoms. The molecular formula is C20H27N3O5S. The van der Waals surface area contributed by atoms with Crippen molar-refractivity contribution in [3.8, 4) is 0 Å². The van der Waals surface area contributed by atoms with Crippen LogP contribution in [0.5, 0.6) is 0 Å². The average molecular weight is 422 g/mol. The van der Waals surface area contributed by atoms with Gasteiger partial charge in [0.25, 0.3) is 15.9 Å². The smallest absolute Gasteiger partial charge is 0.338 e. The molecule has 9 heteroatoms. The average Bonchev–Trinajstić information content (AvgIpc) is 2.91. The van der Waals surface area contributed by atoms with Crippen molar-refractivity contribution in [2.45, 2.75) is 63.3 Å². The Hall–Kier alpha value is -2.42. The lowest BCUT2D eigenvalue weighted by atomic mass is 10.2. The standard InChI is InChI=1S/C20H27N3O5S/c1-3-7-14(2)21-19(24)13-28-20(25)15-9-10-16-17(12-15)29(26,27)22-18-8-5-4-6-11-23(16)18/h9-10,12,14H,3-8,11,13H2,1-2H3,(H,21,24)/t14-/m1/s1. The number of hydrogen-bond acceptors (Lipinski definition) is 6. The zero-order chi connectivity index (χ0) is 21.0. The fourth-order valence-electron chi connectivity index (χ4n) is 3.64. The van der Waals surface area contributed by atoms with Gasteiger partial charge in [0.05, 0.1) is 11.3 Å². The number of carbonyl (C=O) groups excluding carboxylic acids is 2. The molecule has 1 aromatic rings.